The first-order chi connectivity index (χ1) is 17.9. The van der Waals surface area contributed by atoms with Gasteiger partial charge in [-0.1, -0.05) is 24.3 Å². The second kappa shape index (κ2) is 16.2. The monoisotopic (exact) mass is 504 g/mol. The zero-order valence-corrected chi connectivity index (χ0v) is 21.5. The van der Waals surface area contributed by atoms with Gasteiger partial charge in [0.2, 0.25) is 0 Å². The van der Waals surface area contributed by atoms with E-state index >= 15 is 0 Å². The molecule has 10 heteroatoms. The average molecular weight is 505 g/mol. The van der Waals surface area contributed by atoms with E-state index in [1.807, 2.05) is 0 Å². The molecule has 4 aliphatic heterocycles. The van der Waals surface area contributed by atoms with Gasteiger partial charge in [-0.25, -0.2) is 0 Å². The van der Waals surface area contributed by atoms with E-state index in [1.54, 1.807) is 0 Å². The van der Waals surface area contributed by atoms with Crippen LogP contribution in [-0.4, -0.2) is 127 Å². The number of nitrogens with one attached hydrogen (secondary N) is 4. The molecule has 2 atom stereocenters. The Labute approximate surface area is 215 Å². The van der Waals surface area contributed by atoms with Crippen molar-refractivity contribution in [2.24, 2.45) is 0 Å². The molecule has 0 amide bonds. The number of hydrogen-bond donors (Lipinski definition) is 4. The summed E-state index contributed by atoms with van der Waals surface area (Å²) in [5.41, 5.74) is 2.44. The molecule has 0 aromatic rings. The third-order valence-electron chi connectivity index (χ3n) is 6.56. The number of allylic oxidation sites excluding steroid dienone is 4. The minimum absolute atomic E-state index is 0.228. The summed E-state index contributed by atoms with van der Waals surface area (Å²) < 4.78 is 22.9. The van der Waals surface area contributed by atoms with E-state index in [9.17, 15) is 0 Å². The fourth-order valence-electron chi connectivity index (χ4n) is 4.65. The zero-order valence-electron chi connectivity index (χ0n) is 21.5. The van der Waals surface area contributed by atoms with Crippen LogP contribution in [0.15, 0.2) is 47.9 Å². The summed E-state index contributed by atoms with van der Waals surface area (Å²) in [6.07, 6.45) is 13.4. The third kappa shape index (κ3) is 8.67. The summed E-state index contributed by atoms with van der Waals surface area (Å²) in [5, 5.41) is 14.3. The Morgan fingerprint density at radius 2 is 0.917 bits per heavy atom. The molecule has 2 fully saturated rings. The lowest BCUT2D eigenvalue weighted by atomic mass is 10.0. The first-order valence-corrected chi connectivity index (χ1v) is 13.4. The minimum atomic E-state index is 0.228. The topological polar surface area (TPSA) is 91.5 Å². The summed E-state index contributed by atoms with van der Waals surface area (Å²) in [6.45, 7) is 11.5. The number of rotatable bonds is 0. The second-order valence-corrected chi connectivity index (χ2v) is 9.12. The largest absolute Gasteiger partial charge is 0.378 e. The van der Waals surface area contributed by atoms with E-state index in [0.29, 0.717) is 52.9 Å². The fourth-order valence-corrected chi connectivity index (χ4v) is 4.65. The molecule has 0 aliphatic carbocycles. The van der Waals surface area contributed by atoms with Crippen molar-refractivity contribution in [1.82, 2.24) is 31.1 Å². The fraction of sp³-hybridized carbons (Fsp3) is 0.692. The molecule has 4 rings (SSSR count). The maximum Gasteiger partial charge on any atom is 0.0701 e. The van der Waals surface area contributed by atoms with E-state index in [1.165, 1.54) is 11.4 Å². The molecule has 4 heterocycles. The molecule has 6 bridgehead atoms. The molecule has 0 aromatic carbocycles. The first kappa shape index (κ1) is 27.3. The van der Waals surface area contributed by atoms with Crippen LogP contribution in [0.1, 0.15) is 0 Å². The summed E-state index contributed by atoms with van der Waals surface area (Å²) in [4.78, 5) is 4.92. The van der Waals surface area contributed by atoms with Crippen molar-refractivity contribution in [3.63, 3.8) is 0 Å². The van der Waals surface area contributed by atoms with Crippen LogP contribution >= 0.6 is 0 Å². The molecule has 0 aromatic heterocycles. The smallest absolute Gasteiger partial charge is 0.0701 e. The summed E-state index contributed by atoms with van der Waals surface area (Å²) in [5.74, 6) is 0. The highest BCUT2D eigenvalue weighted by atomic mass is 16.5. The predicted octanol–water partition coefficient (Wildman–Crippen LogP) is -0.398. The van der Waals surface area contributed by atoms with Gasteiger partial charge in [0.25, 0.3) is 0 Å². The van der Waals surface area contributed by atoms with E-state index in [4.69, 9.17) is 18.9 Å². The average Bonchev–Trinajstić information content (AvgIpc) is 2.89. The Morgan fingerprint density at radius 3 is 1.33 bits per heavy atom. The molecule has 0 radical (unpaired) electrons. The van der Waals surface area contributed by atoms with Gasteiger partial charge in [-0.05, 0) is 12.2 Å². The third-order valence-corrected chi connectivity index (χ3v) is 6.56. The van der Waals surface area contributed by atoms with Gasteiger partial charge in [-0.3, -0.25) is 10.6 Å². The van der Waals surface area contributed by atoms with Crippen LogP contribution in [0.4, 0.5) is 0 Å². The maximum absolute atomic E-state index is 5.73. The normalized spacial score (nSPS) is 28.7. The predicted molar refractivity (Wildman–Crippen MR) is 140 cm³/mol. The Balaban J connectivity index is 1.55. The van der Waals surface area contributed by atoms with E-state index in [-0.39, 0.29) is 12.1 Å². The molecule has 202 valence electrons. The van der Waals surface area contributed by atoms with Gasteiger partial charge in [0.05, 0.1) is 89.7 Å². The lowest BCUT2D eigenvalue weighted by Gasteiger charge is -2.43. The molecule has 4 aliphatic rings. The van der Waals surface area contributed by atoms with Crippen LogP contribution < -0.4 is 21.3 Å². The van der Waals surface area contributed by atoms with Crippen LogP contribution in [0.2, 0.25) is 0 Å². The maximum atomic E-state index is 5.73. The summed E-state index contributed by atoms with van der Waals surface area (Å²) >= 11 is 0. The Kier molecular flexibility index (Phi) is 12.2. The molecule has 0 spiro atoms. The van der Waals surface area contributed by atoms with Crippen LogP contribution in [0, 0.1) is 0 Å². The van der Waals surface area contributed by atoms with E-state index in [0.717, 1.165) is 52.6 Å². The van der Waals surface area contributed by atoms with Crippen LogP contribution in [0.3, 0.4) is 0 Å². The lowest BCUT2D eigenvalue weighted by Crippen LogP contribution is -2.52. The quantitative estimate of drug-likeness (QED) is 0.349. The van der Waals surface area contributed by atoms with Gasteiger partial charge in [0.15, 0.2) is 0 Å². The van der Waals surface area contributed by atoms with E-state index < -0.39 is 0 Å². The Morgan fingerprint density at radius 1 is 0.528 bits per heavy atom. The molecule has 2 saturated heterocycles. The summed E-state index contributed by atoms with van der Waals surface area (Å²) in [6, 6.07) is 0.456. The first-order valence-electron chi connectivity index (χ1n) is 13.4. The van der Waals surface area contributed by atoms with Crippen molar-refractivity contribution in [1.29, 1.82) is 0 Å². The van der Waals surface area contributed by atoms with Crippen molar-refractivity contribution in [3.8, 4) is 0 Å². The SMILES string of the molecule is C1=CC2CNCCOCCOCCNCC3C=CC=C4C(=C1)N2CNCCOCCOCCNCN43. The van der Waals surface area contributed by atoms with Gasteiger partial charge in [0, 0.05) is 39.3 Å². The molecular formula is C26H44N6O4. The van der Waals surface area contributed by atoms with Gasteiger partial charge in [-0.15, -0.1) is 0 Å². The second-order valence-electron chi connectivity index (χ2n) is 9.12. The van der Waals surface area contributed by atoms with Gasteiger partial charge < -0.3 is 39.4 Å². The van der Waals surface area contributed by atoms with Crippen LogP contribution in [0.5, 0.6) is 0 Å². The van der Waals surface area contributed by atoms with Crippen molar-refractivity contribution in [3.05, 3.63) is 47.9 Å². The van der Waals surface area contributed by atoms with Crippen LogP contribution in [0.25, 0.3) is 0 Å². The highest BCUT2D eigenvalue weighted by Gasteiger charge is 2.29. The number of nitrogens with zero attached hydrogens (tertiary/aromatic N) is 2. The Bertz CT molecular complexity index is 697. The van der Waals surface area contributed by atoms with Gasteiger partial charge in [-0.2, -0.15) is 0 Å². The van der Waals surface area contributed by atoms with E-state index in [2.05, 4.69) is 67.5 Å². The highest BCUT2D eigenvalue weighted by Crippen LogP contribution is 2.28. The zero-order chi connectivity index (χ0) is 24.7. The molecular weight excluding hydrogens is 460 g/mol. The minimum Gasteiger partial charge on any atom is -0.378 e. The highest BCUT2D eigenvalue weighted by molar-refractivity contribution is 5.40. The van der Waals surface area contributed by atoms with Gasteiger partial charge in [0.1, 0.15) is 0 Å². The van der Waals surface area contributed by atoms with Crippen molar-refractivity contribution in [2.75, 3.05) is 105 Å². The molecule has 2 unspecified atom stereocenters. The molecule has 36 heavy (non-hydrogen) atoms. The summed E-state index contributed by atoms with van der Waals surface area (Å²) in [7, 11) is 0. The number of hydrogen-bond acceptors (Lipinski definition) is 10. The molecule has 10 nitrogen and oxygen atoms in total. The number of ether oxygens (including phenoxy) is 4. The van der Waals surface area contributed by atoms with Crippen molar-refractivity contribution >= 4 is 0 Å². The standard InChI is InChI=1S/C26H44N6O4/c1-3-23-19-27-7-11-33-15-16-34-12-8-28-20-24-4-2-6-26-25(5-1)31(23)21-29-9-13-35-17-18-36-14-10-30-22-32(24)26/h1-6,23-24,27-30H,7-22H2. The molecule has 0 saturated carbocycles. The van der Waals surface area contributed by atoms with Crippen LogP contribution in [-0.2, 0) is 18.9 Å². The Hall–Kier alpha value is -1.76. The van der Waals surface area contributed by atoms with Crippen molar-refractivity contribution < 1.29 is 18.9 Å². The lowest BCUT2D eigenvalue weighted by molar-refractivity contribution is 0.0464. The molecule has 4 N–H and O–H groups in total. The van der Waals surface area contributed by atoms with Crippen molar-refractivity contribution in [2.45, 2.75) is 12.1 Å². The van der Waals surface area contributed by atoms with Gasteiger partial charge >= 0.3 is 0 Å².